The lowest BCUT2D eigenvalue weighted by atomic mass is 10.0. The van der Waals surface area contributed by atoms with E-state index in [0.29, 0.717) is 22.4 Å². The maximum absolute atomic E-state index is 12.5. The third kappa shape index (κ3) is 4.53. The minimum atomic E-state index is -0.482. The summed E-state index contributed by atoms with van der Waals surface area (Å²) in [4.78, 5) is 25.6. The average molecular weight is 392 g/mol. The zero-order chi connectivity index (χ0) is 18.5. The van der Waals surface area contributed by atoms with Gasteiger partial charge < -0.3 is 16.0 Å². The number of likely N-dealkylation sites (tertiary alicyclic amines) is 1. The number of carbonyl (C=O) groups excluding carboxylic acids is 2. The molecule has 0 aliphatic carbocycles. The fourth-order valence-electron chi connectivity index (χ4n) is 2.88. The van der Waals surface area contributed by atoms with Crippen LogP contribution < -0.4 is 11.1 Å². The van der Waals surface area contributed by atoms with Gasteiger partial charge in [0.1, 0.15) is 6.04 Å². The second kappa shape index (κ2) is 8.50. The lowest BCUT2D eigenvalue weighted by molar-refractivity contribution is -0.138. The molecule has 1 fully saturated rings. The van der Waals surface area contributed by atoms with Crippen LogP contribution in [-0.4, -0.2) is 45.3 Å². The minimum absolute atomic E-state index is 0.0814. The Labute approximate surface area is 160 Å². The van der Waals surface area contributed by atoms with Crippen molar-refractivity contribution in [2.24, 2.45) is 5.73 Å². The van der Waals surface area contributed by atoms with E-state index in [0.717, 1.165) is 24.1 Å². The number of primary amides is 1. The molecule has 0 saturated carbocycles. The summed E-state index contributed by atoms with van der Waals surface area (Å²) in [5.74, 6) is -0.284. The van der Waals surface area contributed by atoms with Crippen molar-refractivity contribution < 1.29 is 9.59 Å². The van der Waals surface area contributed by atoms with Crippen LogP contribution in [0.25, 0.3) is 0 Å². The van der Waals surface area contributed by atoms with Crippen molar-refractivity contribution in [3.05, 3.63) is 29.8 Å². The molecule has 138 valence electrons. The summed E-state index contributed by atoms with van der Waals surface area (Å²) in [6, 6.07) is 7.45. The third-order valence-electron chi connectivity index (χ3n) is 4.26. The largest absolute Gasteiger partial charge is 0.368 e. The number of nitrogens with zero attached hydrogens (tertiary/aromatic N) is 3. The lowest BCUT2D eigenvalue weighted by Crippen LogP contribution is -2.51. The van der Waals surface area contributed by atoms with Crippen LogP contribution in [0.5, 0.6) is 0 Å². The van der Waals surface area contributed by atoms with Crippen molar-refractivity contribution in [3.63, 3.8) is 0 Å². The smallest absolute Gasteiger partial charge is 0.240 e. The number of thioether (sulfide) groups is 1. The van der Waals surface area contributed by atoms with E-state index in [1.807, 2.05) is 31.2 Å². The van der Waals surface area contributed by atoms with Crippen molar-refractivity contribution >= 4 is 45.7 Å². The van der Waals surface area contributed by atoms with Gasteiger partial charge in [0.15, 0.2) is 4.34 Å². The number of piperidine rings is 1. The molecule has 1 atom stereocenters. The number of hydrogen-bond donors (Lipinski definition) is 2. The molecule has 2 heterocycles. The first-order valence-corrected chi connectivity index (χ1v) is 10.2. The molecule has 1 aromatic carbocycles. The van der Waals surface area contributed by atoms with Crippen LogP contribution in [0.2, 0.25) is 0 Å². The molecule has 3 rings (SSSR count). The van der Waals surface area contributed by atoms with Crippen LogP contribution in [0.15, 0.2) is 28.6 Å². The zero-order valence-electron chi connectivity index (χ0n) is 14.5. The molecule has 9 heteroatoms. The van der Waals surface area contributed by atoms with Crippen molar-refractivity contribution in [3.8, 4) is 0 Å². The van der Waals surface area contributed by atoms with Gasteiger partial charge in [-0.05, 0) is 37.8 Å². The first-order valence-electron chi connectivity index (χ1n) is 8.42. The monoisotopic (exact) mass is 391 g/mol. The van der Waals surface area contributed by atoms with E-state index in [-0.39, 0.29) is 11.7 Å². The van der Waals surface area contributed by atoms with Crippen LogP contribution in [0.3, 0.4) is 0 Å². The third-order valence-corrected chi connectivity index (χ3v) is 6.22. The molecule has 0 radical (unpaired) electrons. The molecule has 1 saturated heterocycles. The highest BCUT2D eigenvalue weighted by Crippen LogP contribution is 2.29. The topological polar surface area (TPSA) is 101 Å². The van der Waals surface area contributed by atoms with Gasteiger partial charge >= 0.3 is 0 Å². The number of rotatable bonds is 6. The summed E-state index contributed by atoms with van der Waals surface area (Å²) in [7, 11) is 0. The second-order valence-electron chi connectivity index (χ2n) is 6.10. The Kier molecular flexibility index (Phi) is 6.10. The number of aromatic nitrogens is 2. The van der Waals surface area contributed by atoms with Gasteiger partial charge in [0.05, 0.1) is 5.75 Å². The number of anilines is 2. The van der Waals surface area contributed by atoms with Crippen molar-refractivity contribution in [2.45, 2.75) is 36.6 Å². The molecule has 3 N–H and O–H groups in total. The molecule has 1 aliphatic rings. The number of aryl methyl sites for hydroxylation is 1. The summed E-state index contributed by atoms with van der Waals surface area (Å²) >= 11 is 2.73. The Bertz CT molecular complexity index is 795. The lowest BCUT2D eigenvalue weighted by Gasteiger charge is -2.33. The minimum Gasteiger partial charge on any atom is -0.368 e. The van der Waals surface area contributed by atoms with Crippen molar-refractivity contribution in [1.29, 1.82) is 0 Å². The fraction of sp³-hybridized carbons (Fsp3) is 0.412. The van der Waals surface area contributed by atoms with Gasteiger partial charge in [-0.1, -0.05) is 41.3 Å². The van der Waals surface area contributed by atoms with E-state index in [1.165, 1.54) is 23.1 Å². The first-order chi connectivity index (χ1) is 12.5. The SMILES string of the molecule is Cc1ccccc1Nc1nnc(SCC(=O)N2CCCC[C@H]2C(N)=O)s1. The van der Waals surface area contributed by atoms with E-state index in [1.54, 1.807) is 4.90 Å². The molecule has 1 aliphatic heterocycles. The Balaban J connectivity index is 1.57. The standard InChI is InChI=1S/C17H21N5O2S2/c1-11-6-2-3-7-12(11)19-16-20-21-17(26-16)25-10-14(23)22-9-5-4-8-13(22)15(18)24/h2-3,6-7,13H,4-5,8-10H2,1H3,(H2,18,24)(H,19,20)/t13-/m0/s1. The van der Waals surface area contributed by atoms with Crippen LogP contribution in [0.4, 0.5) is 10.8 Å². The van der Waals surface area contributed by atoms with Gasteiger partial charge in [0.25, 0.3) is 0 Å². The number of carbonyl (C=O) groups is 2. The van der Waals surface area contributed by atoms with Crippen LogP contribution in [0, 0.1) is 6.92 Å². The Morgan fingerprint density at radius 2 is 2.15 bits per heavy atom. The summed E-state index contributed by atoms with van der Waals surface area (Å²) < 4.78 is 0.710. The van der Waals surface area contributed by atoms with Crippen molar-refractivity contribution in [1.82, 2.24) is 15.1 Å². The van der Waals surface area contributed by atoms with Gasteiger partial charge in [-0.15, -0.1) is 10.2 Å². The fourth-order valence-corrected chi connectivity index (χ4v) is 4.53. The molecular weight excluding hydrogens is 370 g/mol. The summed E-state index contributed by atoms with van der Waals surface area (Å²) in [6.07, 6.45) is 2.48. The normalized spacial score (nSPS) is 17.1. The van der Waals surface area contributed by atoms with Crippen LogP contribution in [-0.2, 0) is 9.59 Å². The average Bonchev–Trinajstić information content (AvgIpc) is 3.09. The highest BCUT2D eigenvalue weighted by Gasteiger charge is 2.30. The molecular formula is C17H21N5O2S2. The number of nitrogens with one attached hydrogen (secondary N) is 1. The quantitative estimate of drug-likeness (QED) is 0.734. The maximum atomic E-state index is 12.5. The highest BCUT2D eigenvalue weighted by molar-refractivity contribution is 8.01. The summed E-state index contributed by atoms with van der Waals surface area (Å²) in [6.45, 7) is 2.61. The van der Waals surface area contributed by atoms with Crippen LogP contribution in [0.1, 0.15) is 24.8 Å². The molecule has 0 spiro atoms. The Hall–Kier alpha value is -2.13. The van der Waals surface area contributed by atoms with E-state index in [4.69, 9.17) is 5.73 Å². The maximum Gasteiger partial charge on any atom is 0.240 e. The zero-order valence-corrected chi connectivity index (χ0v) is 16.1. The number of benzene rings is 1. The first kappa shape index (κ1) is 18.7. The number of amides is 2. The predicted octanol–water partition coefficient (Wildman–Crippen LogP) is 2.55. The van der Waals surface area contributed by atoms with Gasteiger partial charge in [-0.3, -0.25) is 9.59 Å². The van der Waals surface area contributed by atoms with Crippen LogP contribution >= 0.6 is 23.1 Å². The molecule has 1 aromatic heterocycles. The molecule has 0 unspecified atom stereocenters. The summed E-state index contributed by atoms with van der Waals surface area (Å²) in [5.41, 5.74) is 7.52. The summed E-state index contributed by atoms with van der Waals surface area (Å²) in [5, 5.41) is 12.2. The van der Waals surface area contributed by atoms with Gasteiger partial charge in [0, 0.05) is 12.2 Å². The predicted molar refractivity (Wildman–Crippen MR) is 104 cm³/mol. The molecule has 2 amide bonds. The Morgan fingerprint density at radius 3 is 2.92 bits per heavy atom. The van der Waals surface area contributed by atoms with Gasteiger partial charge in [-0.2, -0.15) is 0 Å². The van der Waals surface area contributed by atoms with Gasteiger partial charge in [-0.25, -0.2) is 0 Å². The van der Waals surface area contributed by atoms with E-state index in [2.05, 4.69) is 15.5 Å². The van der Waals surface area contributed by atoms with E-state index in [9.17, 15) is 9.59 Å². The highest BCUT2D eigenvalue weighted by atomic mass is 32.2. The van der Waals surface area contributed by atoms with E-state index >= 15 is 0 Å². The van der Waals surface area contributed by atoms with Crippen molar-refractivity contribution in [2.75, 3.05) is 17.6 Å². The number of para-hydroxylation sites is 1. The second-order valence-corrected chi connectivity index (χ2v) is 8.30. The molecule has 7 nitrogen and oxygen atoms in total. The van der Waals surface area contributed by atoms with E-state index < -0.39 is 11.9 Å². The molecule has 0 bridgehead atoms. The number of nitrogens with two attached hydrogens (primary N) is 1. The molecule has 26 heavy (non-hydrogen) atoms. The van der Waals surface area contributed by atoms with Gasteiger partial charge in [0.2, 0.25) is 16.9 Å². The number of hydrogen-bond acceptors (Lipinski definition) is 7. The molecule has 2 aromatic rings. The Morgan fingerprint density at radius 1 is 1.35 bits per heavy atom.